The molecular weight excluding hydrogens is 434 g/mol. The third kappa shape index (κ3) is 5.82. The van der Waals surface area contributed by atoms with E-state index in [2.05, 4.69) is 82.9 Å². The van der Waals surface area contributed by atoms with Gasteiger partial charge in [0, 0.05) is 44.2 Å². The van der Waals surface area contributed by atoms with E-state index >= 15 is 0 Å². The first-order valence-corrected chi connectivity index (χ1v) is 12.5. The van der Waals surface area contributed by atoms with Gasteiger partial charge in [-0.15, -0.1) is 0 Å². The highest BCUT2D eigenvalue weighted by molar-refractivity contribution is 5.93. The Morgan fingerprint density at radius 2 is 2.03 bits per heavy atom. The number of hydrogen-bond acceptors (Lipinski definition) is 5. The Hall–Kier alpha value is -2.96. The largest absolute Gasteiger partial charge is 0.374 e. The van der Waals surface area contributed by atoms with Crippen molar-refractivity contribution < 1.29 is 4.74 Å². The minimum atomic E-state index is -0.111. The number of nitrogens with one attached hydrogen (secondary N) is 1. The fraction of sp³-hybridized carbons (Fsp3) is 0.448. The van der Waals surface area contributed by atoms with Gasteiger partial charge in [0.15, 0.2) is 5.65 Å². The molecule has 0 aliphatic carbocycles. The van der Waals surface area contributed by atoms with Crippen molar-refractivity contribution in [3.8, 4) is 0 Å². The molecule has 1 N–H and O–H groups in total. The third-order valence-corrected chi connectivity index (χ3v) is 6.57. The van der Waals surface area contributed by atoms with Crippen molar-refractivity contribution in [3.05, 3.63) is 64.3 Å². The van der Waals surface area contributed by atoms with Gasteiger partial charge in [0.1, 0.15) is 5.82 Å². The molecule has 3 aromatic rings. The lowest BCUT2D eigenvalue weighted by Crippen LogP contribution is -2.42. The smallest absolute Gasteiger partial charge is 0.165 e. The van der Waals surface area contributed by atoms with Crippen LogP contribution in [-0.4, -0.2) is 53.5 Å². The molecule has 0 saturated carbocycles. The molecule has 0 bridgehead atoms. The van der Waals surface area contributed by atoms with E-state index in [9.17, 15) is 0 Å². The fourth-order valence-corrected chi connectivity index (χ4v) is 4.52. The zero-order valence-electron chi connectivity index (χ0n) is 22.0. The van der Waals surface area contributed by atoms with Crippen LogP contribution >= 0.6 is 0 Å². The van der Waals surface area contributed by atoms with E-state index in [1.54, 1.807) is 0 Å². The molecule has 1 fully saturated rings. The van der Waals surface area contributed by atoms with Gasteiger partial charge in [-0.2, -0.15) is 9.61 Å². The normalized spacial score (nSPS) is 19.9. The number of allylic oxidation sites excluding steroid dienone is 2. The number of fused-ring (bicyclic) bond motifs is 1. The second-order valence-electron chi connectivity index (χ2n) is 10.6. The predicted molar refractivity (Wildman–Crippen MR) is 146 cm³/mol. The number of benzene rings is 1. The Balaban J connectivity index is 1.67. The number of piperidine rings is 1. The molecule has 35 heavy (non-hydrogen) atoms. The molecule has 3 heterocycles. The van der Waals surface area contributed by atoms with Crippen LogP contribution in [0.5, 0.6) is 0 Å². The maximum atomic E-state index is 6.01. The maximum Gasteiger partial charge on any atom is 0.165 e. The Morgan fingerprint density at radius 1 is 1.26 bits per heavy atom. The lowest BCUT2D eigenvalue weighted by Gasteiger charge is -2.32. The molecule has 1 aliphatic rings. The lowest BCUT2D eigenvalue weighted by molar-refractivity contribution is -0.0181. The molecule has 4 rings (SSSR count). The zero-order chi connectivity index (χ0) is 25.2. The summed E-state index contributed by atoms with van der Waals surface area (Å²) in [5, 5.41) is 10.5. The quantitative estimate of drug-likeness (QED) is 0.591. The third-order valence-electron chi connectivity index (χ3n) is 6.57. The highest BCUT2D eigenvalue weighted by Crippen LogP contribution is 2.30. The van der Waals surface area contributed by atoms with Gasteiger partial charge in [-0.3, -0.25) is 0 Å². The van der Waals surface area contributed by atoms with Gasteiger partial charge in [0.25, 0.3) is 0 Å². The Kier molecular flexibility index (Phi) is 7.43. The van der Waals surface area contributed by atoms with Gasteiger partial charge in [-0.1, -0.05) is 36.9 Å². The molecule has 1 aromatic carbocycles. The van der Waals surface area contributed by atoms with Crippen LogP contribution in [0.2, 0.25) is 0 Å². The first-order valence-electron chi connectivity index (χ1n) is 12.5. The summed E-state index contributed by atoms with van der Waals surface area (Å²) in [5.74, 6) is 1.38. The molecule has 6 nitrogen and oxygen atoms in total. The molecule has 2 unspecified atom stereocenters. The average Bonchev–Trinajstić information content (AvgIpc) is 3.25. The number of nitrogens with zero attached hydrogens (tertiary/aromatic N) is 4. The summed E-state index contributed by atoms with van der Waals surface area (Å²) in [5.41, 5.74) is 4.00. The molecular formula is C29H39N5O. The molecule has 2 aromatic heterocycles. The lowest BCUT2D eigenvalue weighted by atomic mass is 9.92. The van der Waals surface area contributed by atoms with Crippen molar-refractivity contribution in [2.45, 2.75) is 58.1 Å². The second-order valence-corrected chi connectivity index (χ2v) is 10.6. The first kappa shape index (κ1) is 25.1. The maximum absolute atomic E-state index is 6.01. The van der Waals surface area contributed by atoms with Gasteiger partial charge in [-0.25, -0.2) is 4.98 Å². The van der Waals surface area contributed by atoms with Crippen molar-refractivity contribution in [1.29, 1.82) is 0 Å². The van der Waals surface area contributed by atoms with Gasteiger partial charge in [0.2, 0.25) is 0 Å². The molecule has 6 heteroatoms. The van der Waals surface area contributed by atoms with Crippen molar-refractivity contribution >= 4 is 29.7 Å². The molecule has 1 aliphatic heterocycles. The molecule has 0 radical (unpaired) electrons. The fourth-order valence-electron chi connectivity index (χ4n) is 4.52. The van der Waals surface area contributed by atoms with Crippen LogP contribution in [0.4, 0.5) is 5.82 Å². The first-order chi connectivity index (χ1) is 16.7. The summed E-state index contributed by atoms with van der Waals surface area (Å²) in [7, 11) is 4.11. The van der Waals surface area contributed by atoms with Gasteiger partial charge < -0.3 is 15.0 Å². The summed E-state index contributed by atoms with van der Waals surface area (Å²) >= 11 is 0. The predicted octanol–water partition coefficient (Wildman–Crippen LogP) is 3.74. The highest BCUT2D eigenvalue weighted by Gasteiger charge is 2.26. The molecule has 2 atom stereocenters. The van der Waals surface area contributed by atoms with Crippen LogP contribution in [0.25, 0.3) is 23.9 Å². The summed E-state index contributed by atoms with van der Waals surface area (Å²) < 4.78 is 7.96. The molecule has 1 saturated heterocycles. The van der Waals surface area contributed by atoms with Gasteiger partial charge >= 0.3 is 0 Å². The van der Waals surface area contributed by atoms with E-state index in [1.165, 1.54) is 0 Å². The van der Waals surface area contributed by atoms with E-state index < -0.39 is 0 Å². The standard InChI is InChI=1S/C29H39N5O/c1-8-21(15-22-12-10-9-11-20(22)2)25-18-31-34-27(33(6)7)16-26(32-28(25)34)23-13-14-24(30-17-23)19-35-29(3,4)5/h8-12,15-16,18,23-24,30H,2,13-14,17,19H2,1,3-7H3. The van der Waals surface area contributed by atoms with E-state index in [0.717, 1.165) is 64.7 Å². The van der Waals surface area contributed by atoms with E-state index in [4.69, 9.17) is 14.8 Å². The number of rotatable bonds is 6. The summed E-state index contributed by atoms with van der Waals surface area (Å²) in [4.78, 5) is 7.28. The van der Waals surface area contributed by atoms with Crippen molar-refractivity contribution in [1.82, 2.24) is 19.9 Å². The monoisotopic (exact) mass is 473 g/mol. The molecule has 0 spiro atoms. The van der Waals surface area contributed by atoms with Crippen molar-refractivity contribution in [2.75, 3.05) is 32.1 Å². The number of ether oxygens (including phenoxy) is 1. The summed E-state index contributed by atoms with van der Waals surface area (Å²) in [6.45, 7) is 14.2. The topological polar surface area (TPSA) is 54.7 Å². The summed E-state index contributed by atoms with van der Waals surface area (Å²) in [6, 6.07) is 10.8. The van der Waals surface area contributed by atoms with Crippen molar-refractivity contribution in [2.24, 2.45) is 0 Å². The SMILES string of the molecule is C=c1ccccc1=CC(=CC)c1cnn2c(N(C)C)cc(C3CCC(COC(C)(C)C)NC3)nc12. The van der Waals surface area contributed by atoms with Crippen LogP contribution in [0.1, 0.15) is 57.7 Å². The number of hydrogen-bond donors (Lipinski definition) is 1. The van der Waals surface area contributed by atoms with Crippen LogP contribution in [0.15, 0.2) is 42.6 Å². The van der Waals surface area contributed by atoms with Gasteiger partial charge in [0.05, 0.1) is 24.1 Å². The van der Waals surface area contributed by atoms with Gasteiger partial charge in [-0.05, 0) is 62.6 Å². The minimum Gasteiger partial charge on any atom is -0.374 e. The zero-order valence-corrected chi connectivity index (χ0v) is 22.0. The number of aromatic nitrogens is 3. The van der Waals surface area contributed by atoms with Crippen LogP contribution in [0, 0.1) is 0 Å². The van der Waals surface area contributed by atoms with E-state index in [1.807, 2.05) is 28.9 Å². The Bertz CT molecular complexity index is 1310. The van der Waals surface area contributed by atoms with Crippen LogP contribution < -0.4 is 20.7 Å². The highest BCUT2D eigenvalue weighted by atomic mass is 16.5. The molecule has 186 valence electrons. The summed E-state index contributed by atoms with van der Waals surface area (Å²) in [6.07, 6.45) is 8.38. The Labute approximate surface area is 209 Å². The van der Waals surface area contributed by atoms with Crippen LogP contribution in [-0.2, 0) is 4.74 Å². The Morgan fingerprint density at radius 3 is 2.66 bits per heavy atom. The van der Waals surface area contributed by atoms with Crippen molar-refractivity contribution in [3.63, 3.8) is 0 Å². The minimum absolute atomic E-state index is 0.111. The van der Waals surface area contributed by atoms with Crippen LogP contribution in [0.3, 0.4) is 0 Å². The average molecular weight is 474 g/mol. The van der Waals surface area contributed by atoms with E-state index in [-0.39, 0.29) is 5.60 Å². The van der Waals surface area contributed by atoms with E-state index in [0.29, 0.717) is 12.0 Å². The second kappa shape index (κ2) is 10.3. The molecule has 0 amide bonds. The number of anilines is 1.